The molecule has 4 heteroatoms. The summed E-state index contributed by atoms with van der Waals surface area (Å²) in [6.45, 7) is 6.51. The van der Waals surface area contributed by atoms with Crippen LogP contribution in [0, 0.1) is 0 Å². The number of nitrogens with zero attached hydrogens (tertiary/aromatic N) is 2. The van der Waals surface area contributed by atoms with Crippen molar-refractivity contribution in [3.05, 3.63) is 28.8 Å². The van der Waals surface area contributed by atoms with Crippen LogP contribution in [-0.4, -0.2) is 44.2 Å². The molecule has 1 aromatic carbocycles. The van der Waals surface area contributed by atoms with Gasteiger partial charge in [0.25, 0.3) is 0 Å². The summed E-state index contributed by atoms with van der Waals surface area (Å²) in [4.78, 5) is 4.82. The highest BCUT2D eigenvalue weighted by atomic mass is 35.5. The van der Waals surface area contributed by atoms with E-state index in [1.54, 1.807) is 0 Å². The molecule has 0 saturated carbocycles. The van der Waals surface area contributed by atoms with Crippen LogP contribution in [-0.2, 0) is 6.42 Å². The summed E-state index contributed by atoms with van der Waals surface area (Å²) in [7, 11) is 2.17. The number of benzene rings is 1. The molecule has 0 bridgehead atoms. The fourth-order valence-electron chi connectivity index (χ4n) is 2.50. The number of anilines is 1. The molecule has 1 aliphatic heterocycles. The second-order valence-corrected chi connectivity index (χ2v) is 5.87. The molecule has 1 aromatic rings. The van der Waals surface area contributed by atoms with Crippen molar-refractivity contribution in [2.45, 2.75) is 25.8 Å². The molecule has 3 nitrogen and oxygen atoms in total. The summed E-state index contributed by atoms with van der Waals surface area (Å²) in [6.07, 6.45) is 1.90. The van der Waals surface area contributed by atoms with E-state index in [-0.39, 0.29) is 6.04 Å². The van der Waals surface area contributed by atoms with Gasteiger partial charge in [-0.3, -0.25) is 0 Å². The lowest BCUT2D eigenvalue weighted by Gasteiger charge is -2.35. The van der Waals surface area contributed by atoms with Crippen molar-refractivity contribution in [2.24, 2.45) is 5.73 Å². The molecule has 0 spiro atoms. The van der Waals surface area contributed by atoms with Crippen LogP contribution in [0.2, 0.25) is 5.02 Å². The third-order valence-corrected chi connectivity index (χ3v) is 4.13. The molecule has 1 atom stereocenters. The summed E-state index contributed by atoms with van der Waals surface area (Å²) >= 11 is 6.14. The quantitative estimate of drug-likeness (QED) is 0.920. The van der Waals surface area contributed by atoms with Crippen molar-refractivity contribution < 1.29 is 0 Å². The van der Waals surface area contributed by atoms with Gasteiger partial charge in [-0.05, 0) is 43.7 Å². The van der Waals surface area contributed by atoms with Crippen molar-refractivity contribution in [2.75, 3.05) is 38.1 Å². The summed E-state index contributed by atoms with van der Waals surface area (Å²) in [5.74, 6) is 0. The number of likely N-dealkylation sites (N-methyl/N-ethyl adjacent to an activating group) is 1. The van der Waals surface area contributed by atoms with E-state index >= 15 is 0 Å². The van der Waals surface area contributed by atoms with Crippen LogP contribution in [0.3, 0.4) is 0 Å². The minimum atomic E-state index is 0.213. The first-order valence-corrected chi connectivity index (χ1v) is 7.45. The van der Waals surface area contributed by atoms with Crippen LogP contribution in [0.1, 0.15) is 18.9 Å². The number of rotatable bonds is 4. The lowest BCUT2D eigenvalue weighted by molar-refractivity contribution is 0.312. The zero-order chi connectivity index (χ0) is 13.8. The molecule has 106 valence electrons. The highest BCUT2D eigenvalue weighted by Crippen LogP contribution is 2.26. The highest BCUT2D eigenvalue weighted by Gasteiger charge is 2.18. The average molecular weight is 282 g/mol. The van der Waals surface area contributed by atoms with E-state index < -0.39 is 0 Å². The molecule has 1 unspecified atom stereocenters. The van der Waals surface area contributed by atoms with Gasteiger partial charge in [0.1, 0.15) is 0 Å². The van der Waals surface area contributed by atoms with Gasteiger partial charge in [0.05, 0.1) is 0 Å². The Morgan fingerprint density at radius 1 is 1.26 bits per heavy atom. The largest absolute Gasteiger partial charge is 0.369 e. The molecular weight excluding hydrogens is 258 g/mol. The van der Waals surface area contributed by atoms with Gasteiger partial charge in [-0.15, -0.1) is 0 Å². The number of nitrogens with two attached hydrogens (primary N) is 1. The Labute approximate surface area is 121 Å². The zero-order valence-electron chi connectivity index (χ0n) is 11.9. The predicted octanol–water partition coefficient (Wildman–Crippen LogP) is 2.37. The predicted molar refractivity (Wildman–Crippen MR) is 83.1 cm³/mol. The first kappa shape index (κ1) is 14.6. The summed E-state index contributed by atoms with van der Waals surface area (Å²) in [6, 6.07) is 6.41. The summed E-state index contributed by atoms with van der Waals surface area (Å²) in [5, 5.41) is 0.802. The highest BCUT2D eigenvalue weighted by molar-refractivity contribution is 6.30. The second kappa shape index (κ2) is 6.60. The van der Waals surface area contributed by atoms with Crippen molar-refractivity contribution in [1.82, 2.24) is 4.90 Å². The smallest absolute Gasteiger partial charge is 0.0410 e. The van der Waals surface area contributed by atoms with Crippen LogP contribution < -0.4 is 10.6 Å². The molecular formula is C15H24ClN3. The first-order valence-electron chi connectivity index (χ1n) is 7.07. The molecule has 0 radical (unpaired) electrons. The Balaban J connectivity index is 2.18. The van der Waals surface area contributed by atoms with Crippen LogP contribution in [0.15, 0.2) is 18.2 Å². The zero-order valence-corrected chi connectivity index (χ0v) is 12.7. The number of piperazine rings is 1. The maximum atomic E-state index is 6.14. The molecule has 1 aliphatic rings. The van der Waals surface area contributed by atoms with E-state index in [0.717, 1.165) is 44.0 Å². The molecule has 1 heterocycles. The topological polar surface area (TPSA) is 32.5 Å². The van der Waals surface area contributed by atoms with Crippen molar-refractivity contribution in [3.8, 4) is 0 Å². The Kier molecular flexibility index (Phi) is 5.08. The molecule has 0 aromatic heterocycles. The van der Waals surface area contributed by atoms with Crippen LogP contribution in [0.25, 0.3) is 0 Å². The first-order chi connectivity index (χ1) is 9.10. The molecule has 2 rings (SSSR count). The normalized spacial score (nSPS) is 18.6. The van der Waals surface area contributed by atoms with Gasteiger partial charge in [-0.2, -0.15) is 0 Å². The monoisotopic (exact) mass is 281 g/mol. The van der Waals surface area contributed by atoms with E-state index in [2.05, 4.69) is 35.9 Å². The van der Waals surface area contributed by atoms with Gasteiger partial charge in [0, 0.05) is 42.9 Å². The van der Waals surface area contributed by atoms with E-state index in [4.69, 9.17) is 17.3 Å². The Bertz CT molecular complexity index is 414. The number of hydrogen-bond donors (Lipinski definition) is 1. The standard InChI is InChI=1S/C15H24ClN3/c1-3-14(17)11-12-10-13(16)4-5-15(12)19-8-6-18(2)7-9-19/h4-5,10,14H,3,6-9,11,17H2,1-2H3. The maximum Gasteiger partial charge on any atom is 0.0410 e. The fraction of sp³-hybridized carbons (Fsp3) is 0.600. The van der Waals surface area contributed by atoms with E-state index in [1.165, 1.54) is 11.3 Å². The van der Waals surface area contributed by atoms with Gasteiger partial charge >= 0.3 is 0 Å². The van der Waals surface area contributed by atoms with Gasteiger partial charge in [0.15, 0.2) is 0 Å². The lowest BCUT2D eigenvalue weighted by Crippen LogP contribution is -2.45. The minimum Gasteiger partial charge on any atom is -0.369 e. The molecule has 1 fully saturated rings. The van der Waals surface area contributed by atoms with Crippen molar-refractivity contribution in [3.63, 3.8) is 0 Å². The van der Waals surface area contributed by atoms with E-state index in [9.17, 15) is 0 Å². The van der Waals surface area contributed by atoms with Crippen LogP contribution in [0.4, 0.5) is 5.69 Å². The van der Waals surface area contributed by atoms with Gasteiger partial charge in [-0.1, -0.05) is 18.5 Å². The molecule has 19 heavy (non-hydrogen) atoms. The SMILES string of the molecule is CCC(N)Cc1cc(Cl)ccc1N1CCN(C)CC1. The van der Waals surface area contributed by atoms with Crippen molar-refractivity contribution >= 4 is 17.3 Å². The third-order valence-electron chi connectivity index (χ3n) is 3.89. The molecule has 0 aliphatic carbocycles. The van der Waals surface area contributed by atoms with Gasteiger partial charge in [0.2, 0.25) is 0 Å². The average Bonchev–Trinajstić information content (AvgIpc) is 2.40. The van der Waals surface area contributed by atoms with E-state index in [1.807, 2.05) is 6.07 Å². The maximum absolute atomic E-state index is 6.14. The summed E-state index contributed by atoms with van der Waals surface area (Å²) in [5.41, 5.74) is 8.70. The van der Waals surface area contributed by atoms with Crippen LogP contribution in [0.5, 0.6) is 0 Å². The minimum absolute atomic E-state index is 0.213. The van der Waals surface area contributed by atoms with Crippen molar-refractivity contribution in [1.29, 1.82) is 0 Å². The Morgan fingerprint density at radius 2 is 1.95 bits per heavy atom. The second-order valence-electron chi connectivity index (χ2n) is 5.44. The van der Waals surface area contributed by atoms with Crippen LogP contribution >= 0.6 is 11.6 Å². The molecule has 0 amide bonds. The lowest BCUT2D eigenvalue weighted by atomic mass is 10.0. The Morgan fingerprint density at radius 3 is 2.58 bits per heavy atom. The molecule has 2 N–H and O–H groups in total. The Hall–Kier alpha value is -0.770. The summed E-state index contributed by atoms with van der Waals surface area (Å²) < 4.78 is 0. The van der Waals surface area contributed by atoms with Gasteiger partial charge in [-0.25, -0.2) is 0 Å². The fourth-order valence-corrected chi connectivity index (χ4v) is 2.69. The molecule has 1 saturated heterocycles. The van der Waals surface area contributed by atoms with Gasteiger partial charge < -0.3 is 15.5 Å². The number of halogens is 1. The van der Waals surface area contributed by atoms with E-state index in [0.29, 0.717) is 0 Å². The number of hydrogen-bond acceptors (Lipinski definition) is 3. The third kappa shape index (κ3) is 3.85.